The van der Waals surface area contributed by atoms with Gasteiger partial charge in [0.05, 0.1) is 5.69 Å². The van der Waals surface area contributed by atoms with E-state index in [9.17, 15) is 8.78 Å². The normalized spacial score (nSPS) is 10.6. The first kappa shape index (κ1) is 14.4. The summed E-state index contributed by atoms with van der Waals surface area (Å²) in [4.78, 5) is 4.36. The van der Waals surface area contributed by atoms with E-state index in [-0.39, 0.29) is 12.2 Å². The summed E-state index contributed by atoms with van der Waals surface area (Å²) >= 11 is 0. The Kier molecular flexibility index (Phi) is 4.63. The van der Waals surface area contributed by atoms with Gasteiger partial charge in [-0.1, -0.05) is 0 Å². The monoisotopic (exact) mass is 278 g/mol. The first-order chi connectivity index (χ1) is 9.60. The predicted octanol–water partition coefficient (Wildman–Crippen LogP) is 2.97. The molecule has 0 unspecified atom stereocenters. The van der Waals surface area contributed by atoms with E-state index in [4.69, 9.17) is 4.74 Å². The molecule has 0 radical (unpaired) electrons. The minimum absolute atomic E-state index is 0.0367. The Bertz CT molecular complexity index is 602. The van der Waals surface area contributed by atoms with Gasteiger partial charge in [-0.3, -0.25) is 4.98 Å². The maximum absolute atomic E-state index is 13.5. The summed E-state index contributed by atoms with van der Waals surface area (Å²) in [7, 11) is 1.81. The average molecular weight is 278 g/mol. The summed E-state index contributed by atoms with van der Waals surface area (Å²) in [5, 5.41) is 2.99. The van der Waals surface area contributed by atoms with E-state index in [0.29, 0.717) is 12.3 Å². The van der Waals surface area contributed by atoms with Gasteiger partial charge in [0.2, 0.25) is 0 Å². The van der Waals surface area contributed by atoms with E-state index >= 15 is 0 Å². The fourth-order valence-electron chi connectivity index (χ4n) is 1.83. The number of aryl methyl sites for hydroxylation is 1. The number of ether oxygens (including phenoxy) is 1. The topological polar surface area (TPSA) is 34.2 Å². The fourth-order valence-corrected chi connectivity index (χ4v) is 1.83. The van der Waals surface area contributed by atoms with Crippen molar-refractivity contribution in [2.45, 2.75) is 20.1 Å². The highest BCUT2D eigenvalue weighted by Crippen LogP contribution is 2.19. The van der Waals surface area contributed by atoms with Crippen LogP contribution in [0, 0.1) is 18.6 Å². The fraction of sp³-hybridized carbons (Fsp3) is 0.267. The molecule has 2 aromatic rings. The lowest BCUT2D eigenvalue weighted by Crippen LogP contribution is -2.10. The van der Waals surface area contributed by atoms with Gasteiger partial charge in [0, 0.05) is 17.8 Å². The number of rotatable bonds is 5. The Morgan fingerprint density at radius 3 is 2.75 bits per heavy atom. The van der Waals surface area contributed by atoms with E-state index in [1.54, 1.807) is 13.1 Å². The molecule has 20 heavy (non-hydrogen) atoms. The minimum Gasteiger partial charge on any atom is -0.487 e. The zero-order valence-corrected chi connectivity index (χ0v) is 11.4. The van der Waals surface area contributed by atoms with Crippen LogP contribution >= 0.6 is 0 Å². The number of pyridine rings is 1. The summed E-state index contributed by atoms with van der Waals surface area (Å²) in [5.74, 6) is -0.405. The van der Waals surface area contributed by atoms with E-state index in [2.05, 4.69) is 10.3 Å². The van der Waals surface area contributed by atoms with Gasteiger partial charge in [-0.05, 0) is 44.3 Å². The molecule has 0 fully saturated rings. The van der Waals surface area contributed by atoms with Gasteiger partial charge < -0.3 is 10.1 Å². The lowest BCUT2D eigenvalue weighted by molar-refractivity contribution is 0.293. The van der Waals surface area contributed by atoms with Crippen molar-refractivity contribution in [3.63, 3.8) is 0 Å². The standard InChI is InChI=1S/C15H16F2N2O/c1-10-3-6-15(14(19-10)8-18-2)20-9-11-7-12(16)4-5-13(11)17/h3-7,18H,8-9H2,1-2H3. The number of hydrogen-bond acceptors (Lipinski definition) is 3. The molecule has 106 valence electrons. The van der Waals surface area contributed by atoms with Crippen molar-refractivity contribution in [2.24, 2.45) is 0 Å². The van der Waals surface area contributed by atoms with E-state index < -0.39 is 11.6 Å². The Morgan fingerprint density at radius 2 is 2.00 bits per heavy atom. The number of nitrogens with one attached hydrogen (secondary N) is 1. The largest absolute Gasteiger partial charge is 0.487 e. The van der Waals surface area contributed by atoms with Crippen LogP contribution in [-0.2, 0) is 13.2 Å². The maximum atomic E-state index is 13.5. The highest BCUT2D eigenvalue weighted by molar-refractivity contribution is 5.30. The van der Waals surface area contributed by atoms with Gasteiger partial charge in [0.15, 0.2) is 0 Å². The molecule has 1 heterocycles. The molecule has 0 saturated carbocycles. The van der Waals surface area contributed by atoms with E-state index in [1.165, 1.54) is 0 Å². The Labute approximate surface area is 116 Å². The van der Waals surface area contributed by atoms with Crippen molar-refractivity contribution in [3.05, 3.63) is 58.9 Å². The van der Waals surface area contributed by atoms with Gasteiger partial charge in [0.25, 0.3) is 0 Å². The van der Waals surface area contributed by atoms with Crippen molar-refractivity contribution < 1.29 is 13.5 Å². The van der Waals surface area contributed by atoms with Crippen LogP contribution < -0.4 is 10.1 Å². The van der Waals surface area contributed by atoms with Crippen LogP contribution in [0.1, 0.15) is 17.0 Å². The van der Waals surface area contributed by atoms with Gasteiger partial charge in [0.1, 0.15) is 24.0 Å². The number of aromatic nitrogens is 1. The maximum Gasteiger partial charge on any atom is 0.142 e. The van der Waals surface area contributed by atoms with Crippen LogP contribution in [0.3, 0.4) is 0 Å². The second-order valence-corrected chi connectivity index (χ2v) is 4.45. The highest BCUT2D eigenvalue weighted by Gasteiger charge is 2.08. The molecule has 1 aromatic carbocycles. The molecule has 0 spiro atoms. The van der Waals surface area contributed by atoms with Crippen LogP contribution in [0.5, 0.6) is 5.75 Å². The zero-order valence-electron chi connectivity index (χ0n) is 11.4. The van der Waals surface area contributed by atoms with Crippen molar-refractivity contribution >= 4 is 0 Å². The van der Waals surface area contributed by atoms with E-state index in [0.717, 1.165) is 29.6 Å². The molecule has 5 heteroatoms. The quantitative estimate of drug-likeness (QED) is 0.913. The SMILES string of the molecule is CNCc1nc(C)ccc1OCc1cc(F)ccc1F. The summed E-state index contributed by atoms with van der Waals surface area (Å²) < 4.78 is 32.1. The highest BCUT2D eigenvalue weighted by atomic mass is 19.1. The summed E-state index contributed by atoms with van der Waals surface area (Å²) in [6, 6.07) is 6.91. The Morgan fingerprint density at radius 1 is 1.20 bits per heavy atom. The average Bonchev–Trinajstić information content (AvgIpc) is 2.42. The van der Waals surface area contributed by atoms with Gasteiger partial charge in [-0.2, -0.15) is 0 Å². The third kappa shape index (κ3) is 3.51. The summed E-state index contributed by atoms with van der Waals surface area (Å²) in [6.45, 7) is 2.39. The third-order valence-electron chi connectivity index (χ3n) is 2.81. The van der Waals surface area contributed by atoms with Gasteiger partial charge >= 0.3 is 0 Å². The summed E-state index contributed by atoms with van der Waals surface area (Å²) in [6.07, 6.45) is 0. The van der Waals surface area contributed by atoms with Gasteiger partial charge in [-0.25, -0.2) is 8.78 Å². The van der Waals surface area contributed by atoms with Crippen molar-refractivity contribution in [1.29, 1.82) is 0 Å². The Hall–Kier alpha value is -2.01. The van der Waals surface area contributed by atoms with Crippen LogP contribution in [0.15, 0.2) is 30.3 Å². The minimum atomic E-state index is -0.485. The van der Waals surface area contributed by atoms with Crippen LogP contribution in [0.25, 0.3) is 0 Å². The molecular formula is C15H16F2N2O. The molecule has 1 N–H and O–H groups in total. The molecule has 2 rings (SSSR count). The van der Waals surface area contributed by atoms with Crippen LogP contribution in [0.4, 0.5) is 8.78 Å². The lowest BCUT2D eigenvalue weighted by atomic mass is 10.2. The second-order valence-electron chi connectivity index (χ2n) is 4.45. The zero-order chi connectivity index (χ0) is 14.5. The Balaban J connectivity index is 2.16. The first-order valence-corrected chi connectivity index (χ1v) is 6.28. The predicted molar refractivity (Wildman–Crippen MR) is 72.4 cm³/mol. The number of halogens is 2. The number of nitrogens with zero attached hydrogens (tertiary/aromatic N) is 1. The molecule has 0 amide bonds. The summed E-state index contributed by atoms with van der Waals surface area (Å²) in [5.41, 5.74) is 1.80. The molecule has 0 bridgehead atoms. The molecule has 0 aliphatic carbocycles. The van der Waals surface area contributed by atoms with Crippen molar-refractivity contribution in [3.8, 4) is 5.75 Å². The van der Waals surface area contributed by atoms with Crippen LogP contribution in [-0.4, -0.2) is 12.0 Å². The number of benzene rings is 1. The molecule has 1 aromatic heterocycles. The molecule has 3 nitrogen and oxygen atoms in total. The smallest absolute Gasteiger partial charge is 0.142 e. The molecule has 0 atom stereocenters. The molecule has 0 saturated heterocycles. The molecular weight excluding hydrogens is 262 g/mol. The molecule has 0 aliphatic rings. The number of hydrogen-bond donors (Lipinski definition) is 1. The van der Waals surface area contributed by atoms with Crippen molar-refractivity contribution in [1.82, 2.24) is 10.3 Å². The first-order valence-electron chi connectivity index (χ1n) is 6.28. The molecule has 0 aliphatic heterocycles. The second kappa shape index (κ2) is 6.43. The van der Waals surface area contributed by atoms with E-state index in [1.807, 2.05) is 13.0 Å². The lowest BCUT2D eigenvalue weighted by Gasteiger charge is -2.12. The van der Waals surface area contributed by atoms with Gasteiger partial charge in [-0.15, -0.1) is 0 Å². The van der Waals surface area contributed by atoms with Crippen LogP contribution in [0.2, 0.25) is 0 Å². The van der Waals surface area contributed by atoms with Crippen molar-refractivity contribution in [2.75, 3.05) is 7.05 Å². The third-order valence-corrected chi connectivity index (χ3v) is 2.81.